The number of carbonyl (C=O) groups is 1. The van der Waals surface area contributed by atoms with Gasteiger partial charge in [-0.2, -0.15) is 5.10 Å². The highest BCUT2D eigenvalue weighted by molar-refractivity contribution is 6.32. The van der Waals surface area contributed by atoms with Gasteiger partial charge in [-0.05, 0) is 19.3 Å². The lowest BCUT2D eigenvalue weighted by atomic mass is 10.1. The van der Waals surface area contributed by atoms with Crippen molar-refractivity contribution in [1.82, 2.24) is 9.78 Å². The Balaban J connectivity index is 2.21. The molecule has 0 aromatic carbocycles. The predicted molar refractivity (Wildman–Crippen MR) is 62.5 cm³/mol. The Morgan fingerprint density at radius 2 is 2.25 bits per heavy atom. The second-order valence-corrected chi connectivity index (χ2v) is 4.82. The Morgan fingerprint density at radius 3 is 2.69 bits per heavy atom. The molecule has 1 aliphatic rings. The SMILES string of the molecule is CCc1nn(C)c(CC(=O)C2(N)CC2)c1Cl. The summed E-state index contributed by atoms with van der Waals surface area (Å²) in [5.74, 6) is 0.0695. The van der Waals surface area contributed by atoms with Crippen LogP contribution >= 0.6 is 11.6 Å². The van der Waals surface area contributed by atoms with Gasteiger partial charge in [0.25, 0.3) is 0 Å². The van der Waals surface area contributed by atoms with Gasteiger partial charge in [0.05, 0.1) is 28.4 Å². The quantitative estimate of drug-likeness (QED) is 0.863. The van der Waals surface area contributed by atoms with Crippen molar-refractivity contribution in [2.75, 3.05) is 0 Å². The van der Waals surface area contributed by atoms with Crippen LogP contribution in [0.25, 0.3) is 0 Å². The van der Waals surface area contributed by atoms with Crippen molar-refractivity contribution in [1.29, 1.82) is 0 Å². The highest BCUT2D eigenvalue weighted by atomic mass is 35.5. The minimum Gasteiger partial charge on any atom is -0.319 e. The van der Waals surface area contributed by atoms with E-state index in [1.807, 2.05) is 14.0 Å². The molecule has 0 bridgehead atoms. The van der Waals surface area contributed by atoms with Crippen LogP contribution in [0, 0.1) is 0 Å². The van der Waals surface area contributed by atoms with Crippen LogP contribution in [0.4, 0.5) is 0 Å². The topological polar surface area (TPSA) is 60.9 Å². The van der Waals surface area contributed by atoms with Crippen LogP contribution in [0.2, 0.25) is 5.02 Å². The summed E-state index contributed by atoms with van der Waals surface area (Å²) in [5.41, 5.74) is 6.89. The summed E-state index contributed by atoms with van der Waals surface area (Å²) in [5, 5.41) is 4.89. The minimum absolute atomic E-state index is 0.0695. The summed E-state index contributed by atoms with van der Waals surface area (Å²) in [6, 6.07) is 0. The molecule has 0 unspecified atom stereocenters. The smallest absolute Gasteiger partial charge is 0.158 e. The maximum Gasteiger partial charge on any atom is 0.158 e. The molecule has 88 valence electrons. The number of rotatable bonds is 4. The Hall–Kier alpha value is -0.870. The van der Waals surface area contributed by atoms with E-state index in [9.17, 15) is 4.79 Å². The summed E-state index contributed by atoms with van der Waals surface area (Å²) in [6.07, 6.45) is 2.65. The second-order valence-electron chi connectivity index (χ2n) is 4.44. The van der Waals surface area contributed by atoms with Crippen molar-refractivity contribution in [3.05, 3.63) is 16.4 Å². The lowest BCUT2D eigenvalue weighted by Crippen LogP contribution is -2.34. The molecule has 0 radical (unpaired) electrons. The molecule has 0 saturated heterocycles. The zero-order chi connectivity index (χ0) is 11.9. The standard InChI is InChI=1S/C11H16ClN3O/c1-3-7-10(12)8(15(2)14-7)6-9(16)11(13)4-5-11/h3-6,13H2,1-2H3. The fraction of sp³-hybridized carbons (Fsp3) is 0.636. The molecular weight excluding hydrogens is 226 g/mol. The fourth-order valence-corrected chi connectivity index (χ4v) is 2.11. The number of Topliss-reactive ketones (excluding diaryl/α,β-unsaturated/α-hetero) is 1. The van der Waals surface area contributed by atoms with Crippen LogP contribution in [-0.2, 0) is 24.7 Å². The van der Waals surface area contributed by atoms with E-state index in [0.29, 0.717) is 11.4 Å². The van der Waals surface area contributed by atoms with E-state index in [2.05, 4.69) is 5.10 Å². The van der Waals surface area contributed by atoms with Crippen molar-refractivity contribution in [3.8, 4) is 0 Å². The van der Waals surface area contributed by atoms with Gasteiger partial charge in [-0.3, -0.25) is 9.48 Å². The number of nitrogens with two attached hydrogens (primary N) is 1. The molecule has 2 rings (SSSR count). The van der Waals surface area contributed by atoms with Crippen molar-refractivity contribution >= 4 is 17.4 Å². The van der Waals surface area contributed by atoms with Gasteiger partial charge < -0.3 is 5.73 Å². The third kappa shape index (κ3) is 1.87. The highest BCUT2D eigenvalue weighted by Crippen LogP contribution is 2.35. The molecule has 1 aliphatic carbocycles. The zero-order valence-corrected chi connectivity index (χ0v) is 10.3. The summed E-state index contributed by atoms with van der Waals surface area (Å²) in [4.78, 5) is 11.9. The van der Waals surface area contributed by atoms with Gasteiger partial charge in [0, 0.05) is 7.05 Å². The maximum atomic E-state index is 11.9. The zero-order valence-electron chi connectivity index (χ0n) is 9.59. The molecule has 0 atom stereocenters. The first-order valence-corrected chi connectivity index (χ1v) is 5.88. The van der Waals surface area contributed by atoms with E-state index < -0.39 is 5.54 Å². The third-order valence-corrected chi connectivity index (χ3v) is 3.61. The lowest BCUT2D eigenvalue weighted by Gasteiger charge is -2.07. The Bertz CT molecular complexity index is 435. The summed E-state index contributed by atoms with van der Waals surface area (Å²) in [6.45, 7) is 1.99. The molecular formula is C11H16ClN3O. The van der Waals surface area contributed by atoms with E-state index in [0.717, 1.165) is 30.7 Å². The first kappa shape index (κ1) is 11.6. The minimum atomic E-state index is -0.583. The molecule has 1 aromatic heterocycles. The highest BCUT2D eigenvalue weighted by Gasteiger charge is 2.45. The van der Waals surface area contributed by atoms with Crippen LogP contribution < -0.4 is 5.73 Å². The molecule has 0 amide bonds. The molecule has 4 nitrogen and oxygen atoms in total. The first-order chi connectivity index (χ1) is 7.48. The number of aryl methyl sites for hydroxylation is 2. The molecule has 1 heterocycles. The van der Waals surface area contributed by atoms with Gasteiger partial charge in [-0.25, -0.2) is 0 Å². The largest absolute Gasteiger partial charge is 0.319 e. The Kier molecular flexibility index (Phi) is 2.80. The lowest BCUT2D eigenvalue weighted by molar-refractivity contribution is -0.120. The fourth-order valence-electron chi connectivity index (χ4n) is 1.75. The molecule has 16 heavy (non-hydrogen) atoms. The van der Waals surface area contributed by atoms with E-state index in [-0.39, 0.29) is 5.78 Å². The van der Waals surface area contributed by atoms with E-state index >= 15 is 0 Å². The van der Waals surface area contributed by atoms with Crippen LogP contribution in [0.3, 0.4) is 0 Å². The monoisotopic (exact) mass is 241 g/mol. The molecule has 1 aromatic rings. The van der Waals surface area contributed by atoms with Gasteiger partial charge in [0.15, 0.2) is 5.78 Å². The van der Waals surface area contributed by atoms with Crippen LogP contribution in [-0.4, -0.2) is 21.1 Å². The van der Waals surface area contributed by atoms with Crippen molar-refractivity contribution in [3.63, 3.8) is 0 Å². The van der Waals surface area contributed by atoms with E-state index in [1.165, 1.54) is 0 Å². The molecule has 0 spiro atoms. The Morgan fingerprint density at radius 1 is 1.62 bits per heavy atom. The average Bonchev–Trinajstić information content (AvgIpc) is 2.94. The number of hydrogen-bond acceptors (Lipinski definition) is 3. The maximum absolute atomic E-state index is 11.9. The summed E-state index contributed by atoms with van der Waals surface area (Å²) < 4.78 is 1.69. The normalized spacial score (nSPS) is 17.5. The van der Waals surface area contributed by atoms with Crippen molar-refractivity contribution in [2.45, 2.75) is 38.1 Å². The van der Waals surface area contributed by atoms with Crippen LogP contribution in [0.15, 0.2) is 0 Å². The number of carbonyl (C=O) groups excluding carboxylic acids is 1. The number of halogens is 1. The van der Waals surface area contributed by atoms with Crippen molar-refractivity contribution < 1.29 is 4.79 Å². The molecule has 1 saturated carbocycles. The number of hydrogen-bond donors (Lipinski definition) is 1. The van der Waals surface area contributed by atoms with E-state index in [1.54, 1.807) is 4.68 Å². The van der Waals surface area contributed by atoms with E-state index in [4.69, 9.17) is 17.3 Å². The van der Waals surface area contributed by atoms with Gasteiger partial charge in [0.2, 0.25) is 0 Å². The van der Waals surface area contributed by atoms with Gasteiger partial charge in [0.1, 0.15) is 0 Å². The summed E-state index contributed by atoms with van der Waals surface area (Å²) in [7, 11) is 1.81. The third-order valence-electron chi connectivity index (χ3n) is 3.17. The van der Waals surface area contributed by atoms with Crippen LogP contribution in [0.1, 0.15) is 31.2 Å². The summed E-state index contributed by atoms with van der Waals surface area (Å²) >= 11 is 6.17. The van der Waals surface area contributed by atoms with Gasteiger partial charge >= 0.3 is 0 Å². The number of aromatic nitrogens is 2. The molecule has 5 heteroatoms. The first-order valence-electron chi connectivity index (χ1n) is 5.50. The predicted octanol–water partition coefficient (Wildman–Crippen LogP) is 1.24. The molecule has 2 N–H and O–H groups in total. The number of nitrogens with zero attached hydrogens (tertiary/aromatic N) is 2. The number of ketones is 1. The molecule has 0 aliphatic heterocycles. The molecule has 1 fully saturated rings. The second kappa shape index (κ2) is 3.86. The van der Waals surface area contributed by atoms with Crippen LogP contribution in [0.5, 0.6) is 0 Å². The van der Waals surface area contributed by atoms with Gasteiger partial charge in [-0.15, -0.1) is 0 Å². The average molecular weight is 242 g/mol. The van der Waals surface area contributed by atoms with Crippen molar-refractivity contribution in [2.24, 2.45) is 12.8 Å². The Labute approximate surface area is 99.8 Å². The van der Waals surface area contributed by atoms with Gasteiger partial charge in [-0.1, -0.05) is 18.5 Å².